The second-order valence-electron chi connectivity index (χ2n) is 9.53. The van der Waals surface area contributed by atoms with Crippen LogP contribution < -0.4 is 12.4 Å². The summed E-state index contributed by atoms with van der Waals surface area (Å²) in [5.41, 5.74) is -0.245. The molecule has 1 aromatic rings. The second kappa shape index (κ2) is 21.3. The van der Waals surface area contributed by atoms with E-state index in [0.717, 1.165) is 19.3 Å². The van der Waals surface area contributed by atoms with Crippen LogP contribution in [0.3, 0.4) is 0 Å². The maximum Gasteiger partial charge on any atom is 0.104 e. The van der Waals surface area contributed by atoms with Gasteiger partial charge in [-0.05, 0) is 12.8 Å². The number of hydrogen-bond donors (Lipinski definition) is 0. The van der Waals surface area contributed by atoms with E-state index in [1.165, 1.54) is 96.3 Å². The molecule has 182 valence electrons. The smallest absolute Gasteiger partial charge is 0.104 e. The lowest BCUT2D eigenvalue weighted by Crippen LogP contribution is -3.00. The van der Waals surface area contributed by atoms with Crippen LogP contribution in [0.1, 0.15) is 138 Å². The van der Waals surface area contributed by atoms with Crippen LogP contribution in [0.25, 0.3) is 0 Å². The normalized spacial score (nSPS) is 15.1. The molecule has 1 nitrogen and oxygen atoms in total. The molecule has 0 aromatic heterocycles. The van der Waals surface area contributed by atoms with Gasteiger partial charge in [0.1, 0.15) is 6.50 Å². The van der Waals surface area contributed by atoms with Crippen LogP contribution in [0.5, 0.6) is 0 Å². The molecule has 0 atom stereocenters. The Balaban J connectivity index is 0.0000137. The van der Waals surface area contributed by atoms with Gasteiger partial charge in [0.15, 0.2) is 0 Å². The summed E-state index contributed by atoms with van der Waals surface area (Å²) in [7, 11) is 3.49. The molecule has 1 rings (SSSR count). The largest absolute Gasteiger partial charge is 1.00 e. The predicted octanol–water partition coefficient (Wildman–Crippen LogP) is 6.31. The Kier molecular flexibility index (Phi) is 13.7. The molecule has 0 amide bonds. The van der Waals surface area contributed by atoms with E-state index in [4.69, 9.17) is 9.60 Å². The van der Waals surface area contributed by atoms with Gasteiger partial charge in [0.25, 0.3) is 0 Å². The fraction of sp³-hybridized carbons (Fsp3) is 0.793. The Morgan fingerprint density at radius 1 is 0.613 bits per heavy atom. The minimum absolute atomic E-state index is 0. The van der Waals surface area contributed by atoms with Crippen LogP contribution in [0.2, 0.25) is 0 Å². The minimum atomic E-state index is -2.08. The van der Waals surface area contributed by atoms with Crippen molar-refractivity contribution >= 4 is 0 Å². The molecule has 0 bridgehead atoms. The molecule has 1 aromatic carbocycles. The molecular weight excluding hydrogens is 398 g/mol. The average molecular weight is 459 g/mol. The first-order chi connectivity index (χ1) is 17.5. The summed E-state index contributed by atoms with van der Waals surface area (Å²) < 4.78 is 57.2. The van der Waals surface area contributed by atoms with E-state index in [9.17, 15) is 0 Å². The molecule has 0 spiro atoms. The van der Waals surface area contributed by atoms with Gasteiger partial charge in [0.05, 0.1) is 30.2 Å². The SMILES string of the molecule is [2H]c1c([2H])c([2H])c(C([2H])([2H])[N+](C)(C)CCCCCCCCCCCCCCCCCCCC)c([2H])c1[2H].[Cl-]. The molecule has 0 N–H and O–H groups in total. The van der Waals surface area contributed by atoms with Crippen molar-refractivity contribution in [3.05, 3.63) is 35.8 Å². The Morgan fingerprint density at radius 2 is 0.968 bits per heavy atom. The van der Waals surface area contributed by atoms with Gasteiger partial charge in [-0.1, -0.05) is 140 Å². The molecule has 0 aliphatic heterocycles. The van der Waals surface area contributed by atoms with E-state index in [1.807, 2.05) is 0 Å². The Hall–Kier alpha value is -0.530. The highest BCUT2D eigenvalue weighted by Crippen LogP contribution is 2.15. The van der Waals surface area contributed by atoms with Gasteiger partial charge in [-0.25, -0.2) is 0 Å². The summed E-state index contributed by atoms with van der Waals surface area (Å²) in [6.45, 7) is 0.738. The van der Waals surface area contributed by atoms with Crippen molar-refractivity contribution in [2.45, 2.75) is 129 Å². The summed E-state index contributed by atoms with van der Waals surface area (Å²) in [6, 6.07) is -2.33. The molecule has 2 heteroatoms. The topological polar surface area (TPSA) is 0 Å². The number of halogens is 1. The van der Waals surface area contributed by atoms with Crippen LogP contribution in [-0.2, 0) is 6.50 Å². The van der Waals surface area contributed by atoms with Gasteiger partial charge in [-0.2, -0.15) is 0 Å². The van der Waals surface area contributed by atoms with Crippen molar-refractivity contribution in [3.8, 4) is 0 Å². The zero-order valence-corrected chi connectivity index (χ0v) is 21.5. The number of benzene rings is 1. The lowest BCUT2D eigenvalue weighted by atomic mass is 10.0. The fourth-order valence-electron chi connectivity index (χ4n) is 4.07. The molecule has 31 heavy (non-hydrogen) atoms. The highest BCUT2D eigenvalue weighted by Gasteiger charge is 2.14. The Morgan fingerprint density at radius 3 is 1.35 bits per heavy atom. The molecule has 0 radical (unpaired) electrons. The summed E-state index contributed by atoms with van der Waals surface area (Å²) in [4.78, 5) is 0. The third kappa shape index (κ3) is 19.9. The van der Waals surface area contributed by atoms with Crippen molar-refractivity contribution in [2.75, 3.05) is 20.6 Å². The number of nitrogens with zero attached hydrogens (tertiary/aromatic N) is 1. The van der Waals surface area contributed by atoms with Crippen LogP contribution >= 0.6 is 0 Å². The zero-order chi connectivity index (χ0) is 27.9. The second-order valence-corrected chi connectivity index (χ2v) is 9.53. The van der Waals surface area contributed by atoms with Gasteiger partial charge >= 0.3 is 0 Å². The summed E-state index contributed by atoms with van der Waals surface area (Å²) in [6.07, 6.45) is 23.4. The maximum absolute atomic E-state index is 8.69. The van der Waals surface area contributed by atoms with Crippen molar-refractivity contribution in [2.24, 2.45) is 0 Å². The minimum Gasteiger partial charge on any atom is -1.00 e. The third-order valence-corrected chi connectivity index (χ3v) is 5.99. The fourth-order valence-corrected chi connectivity index (χ4v) is 4.07. The van der Waals surface area contributed by atoms with Gasteiger partial charge in [-0.3, -0.25) is 0 Å². The standard InChI is InChI=1S/C29H54N.ClH/c1-4-5-6-7-8-9-10-11-12-13-14-15-16-17-18-19-20-24-27-30(2,3)28-29-25-22-21-23-26-29;/h21-23,25-26H,4-20,24,27-28H2,1-3H3;1H/q+1;/p-1/i21D,22D,23D,25D,26D,28D2;. The predicted molar refractivity (Wildman–Crippen MR) is 136 cm³/mol. The quantitative estimate of drug-likeness (QED) is 0.149. The van der Waals surface area contributed by atoms with Crippen LogP contribution in [0.15, 0.2) is 30.2 Å². The average Bonchev–Trinajstić information content (AvgIpc) is 2.85. The van der Waals surface area contributed by atoms with Crippen LogP contribution in [-0.4, -0.2) is 25.1 Å². The number of rotatable bonds is 21. The van der Waals surface area contributed by atoms with Crippen molar-refractivity contribution in [1.82, 2.24) is 0 Å². The zero-order valence-electron chi connectivity index (χ0n) is 27.8. The van der Waals surface area contributed by atoms with E-state index in [1.54, 1.807) is 14.1 Å². The lowest BCUT2D eigenvalue weighted by molar-refractivity contribution is -0.903. The van der Waals surface area contributed by atoms with E-state index >= 15 is 0 Å². The highest BCUT2D eigenvalue weighted by molar-refractivity contribution is 5.13. The third-order valence-electron chi connectivity index (χ3n) is 5.99. The molecule has 0 saturated heterocycles. The number of hydrogen-bond acceptors (Lipinski definition) is 0. The molecule has 0 heterocycles. The van der Waals surface area contributed by atoms with Gasteiger partial charge in [0, 0.05) is 5.56 Å². The monoisotopic (exact) mass is 458 g/mol. The van der Waals surface area contributed by atoms with Crippen molar-refractivity contribution in [1.29, 1.82) is 0 Å². The van der Waals surface area contributed by atoms with Crippen LogP contribution in [0, 0.1) is 0 Å². The number of quaternary nitrogens is 1. The first-order valence-electron chi connectivity index (χ1n) is 16.4. The van der Waals surface area contributed by atoms with E-state index in [-0.39, 0.29) is 22.5 Å². The highest BCUT2D eigenvalue weighted by atomic mass is 35.5. The maximum atomic E-state index is 8.69. The van der Waals surface area contributed by atoms with Crippen molar-refractivity contribution < 1.29 is 26.5 Å². The number of unbranched alkanes of at least 4 members (excludes halogenated alkanes) is 17. The van der Waals surface area contributed by atoms with E-state index in [2.05, 4.69) is 6.92 Å². The van der Waals surface area contributed by atoms with Crippen molar-refractivity contribution in [3.63, 3.8) is 0 Å². The lowest BCUT2D eigenvalue weighted by Gasteiger charge is -2.30. The summed E-state index contributed by atoms with van der Waals surface area (Å²) >= 11 is 0. The van der Waals surface area contributed by atoms with Gasteiger partial charge in [-0.15, -0.1) is 0 Å². The molecule has 0 fully saturated rings. The van der Waals surface area contributed by atoms with Gasteiger partial charge in [0.2, 0.25) is 0 Å². The Bertz CT molecular complexity index is 758. The molecule has 0 unspecified atom stereocenters. The van der Waals surface area contributed by atoms with Gasteiger partial charge < -0.3 is 16.9 Å². The molecule has 0 aliphatic carbocycles. The summed E-state index contributed by atoms with van der Waals surface area (Å²) in [5.74, 6) is 0. The first-order valence-corrected chi connectivity index (χ1v) is 12.9. The molecule has 0 aliphatic rings. The molecule has 0 saturated carbocycles. The molecular formula is C29H54ClN. The van der Waals surface area contributed by atoms with Crippen LogP contribution in [0.4, 0.5) is 0 Å². The Labute approximate surface area is 212 Å². The van der Waals surface area contributed by atoms with E-state index in [0.29, 0.717) is 6.54 Å². The first kappa shape index (κ1) is 19.9. The summed E-state index contributed by atoms with van der Waals surface area (Å²) in [5, 5.41) is 0. The van der Waals surface area contributed by atoms with E-state index < -0.39 is 36.7 Å².